The molecule has 4 heterocycles. The Bertz CT molecular complexity index is 2300. The summed E-state index contributed by atoms with van der Waals surface area (Å²) in [6.45, 7) is 0. The minimum absolute atomic E-state index is 1.19. The van der Waals surface area contributed by atoms with Crippen molar-refractivity contribution < 1.29 is 0 Å². The van der Waals surface area contributed by atoms with Crippen molar-refractivity contribution in [2.24, 2.45) is 0 Å². The molecular weight excluding hydrogens is 569 g/mol. The predicted molar refractivity (Wildman–Crippen MR) is 167 cm³/mol. The van der Waals surface area contributed by atoms with Crippen molar-refractivity contribution in [3.63, 3.8) is 0 Å². The van der Waals surface area contributed by atoms with Gasteiger partial charge in [-0.3, -0.25) is 0 Å². The van der Waals surface area contributed by atoms with E-state index in [4.69, 9.17) is 4.51 Å². The van der Waals surface area contributed by atoms with Gasteiger partial charge in [-0.25, -0.2) is 0 Å². The molecular formula is C33H20INS. The predicted octanol–water partition coefficient (Wildman–Crippen LogP) is 7.92. The Balaban J connectivity index is 1.54. The van der Waals surface area contributed by atoms with Crippen molar-refractivity contribution in [1.29, 1.82) is 0 Å². The molecule has 0 saturated heterocycles. The second kappa shape index (κ2) is 6.61. The fraction of sp³-hybridized carbons (Fsp3) is 0. The van der Waals surface area contributed by atoms with Crippen molar-refractivity contribution in [2.45, 2.75) is 0 Å². The second-order valence-corrected chi connectivity index (χ2v) is 17.8. The van der Waals surface area contributed by atoms with Gasteiger partial charge < -0.3 is 0 Å². The number of aromatic nitrogens is 1. The third kappa shape index (κ3) is 2.29. The molecule has 2 aromatic heterocycles. The topological polar surface area (TPSA) is 15.8 Å². The summed E-state index contributed by atoms with van der Waals surface area (Å²) >= 11 is -1.03. The van der Waals surface area contributed by atoms with Gasteiger partial charge in [-0.15, -0.1) is 0 Å². The molecule has 7 aromatic rings. The van der Waals surface area contributed by atoms with Crippen molar-refractivity contribution in [2.75, 3.05) is 0 Å². The van der Waals surface area contributed by atoms with Crippen LogP contribution in [0.15, 0.2) is 97.1 Å². The summed E-state index contributed by atoms with van der Waals surface area (Å²) in [7, 11) is 0. The average Bonchev–Trinajstić information content (AvgIpc) is 3.56. The Labute approximate surface area is 215 Å². The number of halogens is 1. The molecule has 9 rings (SSSR count). The second-order valence-electron chi connectivity index (χ2n) is 9.76. The van der Waals surface area contributed by atoms with E-state index in [0.29, 0.717) is 0 Å². The van der Waals surface area contributed by atoms with Gasteiger partial charge in [0.05, 0.1) is 0 Å². The van der Waals surface area contributed by atoms with Crippen LogP contribution in [0.2, 0.25) is 0 Å². The van der Waals surface area contributed by atoms with Gasteiger partial charge in [0.15, 0.2) is 0 Å². The fourth-order valence-corrected chi connectivity index (χ4v) is 17.2. The molecule has 2 aliphatic rings. The monoisotopic (exact) mass is 589 g/mol. The van der Waals surface area contributed by atoms with Gasteiger partial charge in [-0.1, -0.05) is 0 Å². The van der Waals surface area contributed by atoms with Gasteiger partial charge in [0.1, 0.15) is 0 Å². The van der Waals surface area contributed by atoms with Gasteiger partial charge in [0, 0.05) is 0 Å². The molecule has 0 saturated carbocycles. The molecule has 0 spiro atoms. The number of aromatic amines is 1. The molecule has 170 valence electrons. The van der Waals surface area contributed by atoms with Gasteiger partial charge in [-0.05, 0) is 0 Å². The molecule has 0 bridgehead atoms. The summed E-state index contributed by atoms with van der Waals surface area (Å²) < 4.78 is 13.6. The Morgan fingerprint density at radius 2 is 1.44 bits per heavy atom. The number of H-pyrrole nitrogens is 1. The van der Waals surface area contributed by atoms with E-state index in [-0.39, 0.29) is 0 Å². The zero-order valence-corrected chi connectivity index (χ0v) is 22.3. The first kappa shape index (κ1) is 19.6. The van der Waals surface area contributed by atoms with Crippen LogP contribution < -0.4 is 10.4 Å². The van der Waals surface area contributed by atoms with E-state index < -0.39 is 18.0 Å². The van der Waals surface area contributed by atoms with E-state index in [9.17, 15) is 0 Å². The first-order chi connectivity index (χ1) is 17.7. The summed E-state index contributed by atoms with van der Waals surface area (Å²) in [6, 6.07) is 36.0. The third-order valence-corrected chi connectivity index (χ3v) is 17.3. The van der Waals surface area contributed by atoms with Crippen LogP contribution in [0.5, 0.6) is 0 Å². The summed E-state index contributed by atoms with van der Waals surface area (Å²) in [4.78, 5) is 3.69. The summed E-state index contributed by atoms with van der Waals surface area (Å²) in [6.07, 6.45) is 0. The number of rotatable bonds is 0. The first-order valence-electron chi connectivity index (χ1n) is 12.1. The maximum atomic E-state index is 5.18. The number of hydrogen-bond donors (Lipinski definition) is 1. The fourth-order valence-electron chi connectivity index (χ4n) is 6.31. The van der Waals surface area contributed by atoms with Gasteiger partial charge in [0.2, 0.25) is 0 Å². The van der Waals surface area contributed by atoms with E-state index >= 15 is 0 Å². The number of para-hydroxylation sites is 1. The number of nitrogens with one attached hydrogen (secondary N) is 1. The SMILES string of the molecule is C=I12C=c3ccccc3=C1c1cc3c(cc1-c1ccc4c(sc5ccccc54)c12)[nH]c1ccccc13. The Hall–Kier alpha value is -3.54. The van der Waals surface area contributed by atoms with E-state index in [1.54, 1.807) is 0 Å². The minimum atomic E-state index is -2.98. The van der Waals surface area contributed by atoms with Crippen LogP contribution in [0, 0.1) is 3.57 Å². The normalized spacial score (nSPS) is 19.6. The summed E-state index contributed by atoms with van der Waals surface area (Å²) in [5, 5.41) is 8.07. The molecule has 36 heavy (non-hydrogen) atoms. The number of fused-ring (bicyclic) bond motifs is 14. The number of hydrogen-bond acceptors (Lipinski definition) is 1. The van der Waals surface area contributed by atoms with Crippen molar-refractivity contribution in [3.8, 4) is 11.1 Å². The Morgan fingerprint density at radius 3 is 2.39 bits per heavy atom. The van der Waals surface area contributed by atoms with Crippen LogP contribution in [0.25, 0.3) is 60.8 Å². The molecule has 1 nitrogen and oxygen atoms in total. The molecule has 3 heteroatoms. The van der Waals surface area contributed by atoms with Crippen molar-refractivity contribution in [1.82, 2.24) is 4.98 Å². The zero-order chi connectivity index (χ0) is 23.6. The van der Waals surface area contributed by atoms with Gasteiger partial charge >= 0.3 is 216 Å². The molecule has 1 atom stereocenters. The van der Waals surface area contributed by atoms with Crippen molar-refractivity contribution in [3.05, 3.63) is 117 Å². The van der Waals surface area contributed by atoms with E-state index in [2.05, 4.69) is 106 Å². The van der Waals surface area contributed by atoms with Crippen LogP contribution in [-0.2, 0) is 0 Å². The summed E-state index contributed by atoms with van der Waals surface area (Å²) in [5.74, 6) is 0. The standard InChI is InChI=1S/C33H20INS/c1-34-18-19-8-2-3-9-20(19)31(34)27-16-26-21-10-4-6-12-28(21)35-29(26)17-25(27)23-14-15-24-22-11-5-7-13-30(22)36-33(24)32(23)34/h2-18,35H,1H2. The Morgan fingerprint density at radius 1 is 0.639 bits per heavy atom. The molecule has 2 aliphatic heterocycles. The van der Waals surface area contributed by atoms with Gasteiger partial charge in [0.25, 0.3) is 0 Å². The molecule has 5 aromatic carbocycles. The zero-order valence-electron chi connectivity index (χ0n) is 19.3. The van der Waals surface area contributed by atoms with E-state index in [1.807, 2.05) is 11.3 Å². The molecule has 0 radical (unpaired) electrons. The average molecular weight is 590 g/mol. The van der Waals surface area contributed by atoms with Crippen molar-refractivity contribution >= 4 is 83.5 Å². The number of benzene rings is 5. The Kier molecular flexibility index (Phi) is 3.60. The molecule has 0 amide bonds. The van der Waals surface area contributed by atoms with Crippen LogP contribution in [0.3, 0.4) is 0 Å². The number of thiophene rings is 1. The maximum absolute atomic E-state index is 5.18. The van der Waals surface area contributed by atoms with Gasteiger partial charge in [-0.2, -0.15) is 0 Å². The molecule has 0 fully saturated rings. The van der Waals surface area contributed by atoms with E-state index in [0.717, 1.165) is 0 Å². The van der Waals surface area contributed by atoms with E-state index in [1.165, 1.54) is 76.3 Å². The first-order valence-corrected chi connectivity index (χ1v) is 17.9. The van der Waals surface area contributed by atoms with Crippen LogP contribution in [0.1, 0.15) is 5.56 Å². The third-order valence-electron chi connectivity index (χ3n) is 7.83. The van der Waals surface area contributed by atoms with Crippen LogP contribution >= 0.6 is 29.3 Å². The van der Waals surface area contributed by atoms with Crippen LogP contribution in [-0.4, -0.2) is 9.50 Å². The molecule has 1 N–H and O–H groups in total. The summed E-state index contributed by atoms with van der Waals surface area (Å²) in [5.41, 5.74) is 6.50. The molecule has 1 unspecified atom stereocenters. The van der Waals surface area contributed by atoms with Crippen LogP contribution in [0.4, 0.5) is 0 Å². The quantitative estimate of drug-likeness (QED) is 0.173. The molecule has 0 aliphatic carbocycles.